The Kier molecular flexibility index (Phi) is 6.94. The van der Waals surface area contributed by atoms with Gasteiger partial charge in [-0.1, -0.05) is 13.0 Å². The summed E-state index contributed by atoms with van der Waals surface area (Å²) in [7, 11) is 0. The van der Waals surface area contributed by atoms with Crippen molar-refractivity contribution < 1.29 is 14.6 Å². The van der Waals surface area contributed by atoms with Crippen LogP contribution in [0.4, 0.5) is 0 Å². The van der Waals surface area contributed by atoms with Gasteiger partial charge in [-0.3, -0.25) is 4.90 Å². The van der Waals surface area contributed by atoms with Gasteiger partial charge < -0.3 is 19.9 Å². The van der Waals surface area contributed by atoms with Crippen molar-refractivity contribution in [2.45, 2.75) is 70.4 Å². The maximum Gasteiger partial charge on any atom is 0.137 e. The molecule has 3 aliphatic rings. The average Bonchev–Trinajstić information content (AvgIpc) is 3.70. The van der Waals surface area contributed by atoms with E-state index in [1.165, 1.54) is 12.8 Å². The van der Waals surface area contributed by atoms with Crippen LogP contribution in [0.5, 0.6) is 5.75 Å². The molecule has 1 heterocycles. The molecule has 1 aliphatic heterocycles. The maximum atomic E-state index is 11.1. The van der Waals surface area contributed by atoms with Gasteiger partial charge in [-0.2, -0.15) is 5.26 Å². The third-order valence-electron chi connectivity index (χ3n) is 6.87. The molecule has 0 bridgehead atoms. The highest BCUT2D eigenvalue weighted by Gasteiger charge is 2.40. The third kappa shape index (κ3) is 5.15. The zero-order valence-electron chi connectivity index (χ0n) is 18.2. The van der Waals surface area contributed by atoms with Crippen molar-refractivity contribution >= 4 is 0 Å². The summed E-state index contributed by atoms with van der Waals surface area (Å²) in [6.07, 6.45) is 4.90. The van der Waals surface area contributed by atoms with Gasteiger partial charge in [0, 0.05) is 25.2 Å². The standard InChI is InChI=1S/C24H35N3O3/c1-16-12-18(16)4-3-10-29-22-13-19(5-6-20(22)14-25)17(2)27(21-7-8-21)24(28)23-15-26-9-11-30-23/h5-6,13,16-18,21,23-24,26,28H,3-4,7-12,15H2,1-2H3/t16?,17-,18?,23-,24?/m1/s1. The van der Waals surface area contributed by atoms with Crippen molar-refractivity contribution in [3.63, 3.8) is 0 Å². The van der Waals surface area contributed by atoms with Crippen molar-refractivity contribution in [3.05, 3.63) is 29.3 Å². The summed E-state index contributed by atoms with van der Waals surface area (Å²) in [5, 5.41) is 23.9. The summed E-state index contributed by atoms with van der Waals surface area (Å²) in [4.78, 5) is 2.18. The molecule has 0 amide bonds. The molecule has 2 saturated carbocycles. The number of rotatable bonds is 10. The third-order valence-corrected chi connectivity index (χ3v) is 6.87. The van der Waals surface area contributed by atoms with Crippen molar-refractivity contribution in [3.8, 4) is 11.8 Å². The van der Waals surface area contributed by atoms with E-state index in [4.69, 9.17) is 9.47 Å². The number of nitrogens with one attached hydrogen (secondary N) is 1. The molecule has 0 spiro atoms. The molecule has 2 aliphatic carbocycles. The monoisotopic (exact) mass is 413 g/mol. The number of aliphatic hydroxyl groups excluding tert-OH is 1. The molecule has 30 heavy (non-hydrogen) atoms. The second kappa shape index (κ2) is 9.65. The number of aliphatic hydroxyl groups is 1. The fourth-order valence-electron chi connectivity index (χ4n) is 4.61. The van der Waals surface area contributed by atoms with Gasteiger partial charge in [0.05, 0.1) is 18.8 Å². The van der Waals surface area contributed by atoms with Gasteiger partial charge in [0.1, 0.15) is 24.2 Å². The van der Waals surface area contributed by atoms with E-state index in [9.17, 15) is 10.4 Å². The van der Waals surface area contributed by atoms with Gasteiger partial charge in [0.25, 0.3) is 0 Å². The van der Waals surface area contributed by atoms with Crippen molar-refractivity contribution in [2.75, 3.05) is 26.3 Å². The summed E-state index contributed by atoms with van der Waals surface area (Å²) in [5.41, 5.74) is 1.64. The van der Waals surface area contributed by atoms with Crippen LogP contribution in [0.15, 0.2) is 18.2 Å². The number of nitriles is 1. The van der Waals surface area contributed by atoms with Crippen molar-refractivity contribution in [1.29, 1.82) is 5.26 Å². The van der Waals surface area contributed by atoms with Gasteiger partial charge in [-0.25, -0.2) is 0 Å². The SMILES string of the molecule is CC1CC1CCCOc1cc([C@@H](C)N(C2CC2)C(O)[C@H]2CNCCO2)ccc1C#N. The molecule has 1 saturated heterocycles. The summed E-state index contributed by atoms with van der Waals surface area (Å²) in [6.45, 7) is 7.20. The predicted octanol–water partition coefficient (Wildman–Crippen LogP) is 3.21. The summed E-state index contributed by atoms with van der Waals surface area (Å²) < 4.78 is 11.8. The molecular weight excluding hydrogens is 378 g/mol. The Balaban J connectivity index is 1.43. The van der Waals surface area contributed by atoms with Crippen LogP contribution in [0.3, 0.4) is 0 Å². The van der Waals surface area contributed by atoms with Crippen molar-refractivity contribution in [1.82, 2.24) is 10.2 Å². The normalized spacial score (nSPS) is 28.0. The molecule has 6 nitrogen and oxygen atoms in total. The van der Waals surface area contributed by atoms with Gasteiger partial charge in [0.15, 0.2) is 0 Å². The molecule has 0 radical (unpaired) electrons. The first-order chi connectivity index (χ1) is 14.6. The van der Waals surface area contributed by atoms with E-state index in [0.717, 1.165) is 43.2 Å². The topological polar surface area (TPSA) is 77.8 Å². The minimum absolute atomic E-state index is 0.0143. The minimum atomic E-state index is -0.652. The number of nitrogens with zero attached hydrogens (tertiary/aromatic N) is 2. The Bertz CT molecular complexity index is 755. The fourth-order valence-corrected chi connectivity index (χ4v) is 4.61. The van der Waals surface area contributed by atoms with Crippen molar-refractivity contribution in [2.24, 2.45) is 11.8 Å². The second-order valence-corrected chi connectivity index (χ2v) is 9.21. The van der Waals surface area contributed by atoms with E-state index >= 15 is 0 Å². The Morgan fingerprint density at radius 2 is 2.20 bits per heavy atom. The molecule has 1 aromatic carbocycles. The lowest BCUT2D eigenvalue weighted by molar-refractivity contribution is -0.135. The maximum absolute atomic E-state index is 11.1. The molecule has 4 rings (SSSR count). The van der Waals surface area contributed by atoms with Crippen LogP contribution in [0.2, 0.25) is 0 Å². The summed E-state index contributed by atoms with van der Waals surface area (Å²) >= 11 is 0. The first-order valence-corrected chi connectivity index (χ1v) is 11.5. The second-order valence-electron chi connectivity index (χ2n) is 9.21. The summed E-state index contributed by atoms with van der Waals surface area (Å²) in [6, 6.07) is 8.47. The Morgan fingerprint density at radius 1 is 1.40 bits per heavy atom. The Hall–Kier alpha value is -1.65. The molecule has 0 aromatic heterocycles. The van der Waals surface area contributed by atoms with E-state index < -0.39 is 6.23 Å². The smallest absolute Gasteiger partial charge is 0.137 e. The molecular formula is C24H35N3O3. The van der Waals surface area contributed by atoms with Gasteiger partial charge in [0.2, 0.25) is 0 Å². The van der Waals surface area contributed by atoms with Gasteiger partial charge in [-0.05, 0) is 68.6 Å². The van der Waals surface area contributed by atoms with Crippen LogP contribution >= 0.6 is 0 Å². The molecule has 2 N–H and O–H groups in total. The van der Waals surface area contributed by atoms with Crippen LogP contribution in [0.1, 0.15) is 63.1 Å². The van der Waals surface area contributed by atoms with E-state index in [0.29, 0.717) is 37.1 Å². The highest BCUT2D eigenvalue weighted by atomic mass is 16.5. The van der Waals surface area contributed by atoms with Gasteiger partial charge >= 0.3 is 0 Å². The van der Waals surface area contributed by atoms with E-state index in [1.54, 1.807) is 0 Å². The number of ether oxygens (including phenoxy) is 2. The first kappa shape index (κ1) is 21.6. The quantitative estimate of drug-likeness (QED) is 0.453. The largest absolute Gasteiger partial charge is 0.492 e. The summed E-state index contributed by atoms with van der Waals surface area (Å²) in [5.74, 6) is 2.39. The lowest BCUT2D eigenvalue weighted by Crippen LogP contribution is -2.53. The lowest BCUT2D eigenvalue weighted by Gasteiger charge is -2.39. The van der Waals surface area contributed by atoms with Gasteiger partial charge in [-0.15, -0.1) is 0 Å². The van der Waals surface area contributed by atoms with Crippen LogP contribution in [-0.2, 0) is 4.74 Å². The zero-order chi connectivity index (χ0) is 21.1. The van der Waals surface area contributed by atoms with Crippen LogP contribution in [-0.4, -0.2) is 54.7 Å². The van der Waals surface area contributed by atoms with E-state index in [-0.39, 0.29) is 12.1 Å². The lowest BCUT2D eigenvalue weighted by atomic mass is 10.0. The van der Waals surface area contributed by atoms with Crippen LogP contribution in [0.25, 0.3) is 0 Å². The first-order valence-electron chi connectivity index (χ1n) is 11.5. The molecule has 6 heteroatoms. The molecule has 164 valence electrons. The number of hydrogen-bond donors (Lipinski definition) is 2. The number of morpholine rings is 1. The van der Waals surface area contributed by atoms with E-state index in [1.807, 2.05) is 18.2 Å². The molecule has 5 atom stereocenters. The average molecular weight is 414 g/mol. The molecule has 3 unspecified atom stereocenters. The Labute approximate surface area is 180 Å². The molecule has 1 aromatic rings. The van der Waals surface area contributed by atoms with E-state index in [2.05, 4.69) is 30.1 Å². The highest BCUT2D eigenvalue weighted by molar-refractivity contribution is 5.46. The predicted molar refractivity (Wildman–Crippen MR) is 115 cm³/mol. The van der Waals surface area contributed by atoms with Crippen LogP contribution in [0, 0.1) is 23.2 Å². The molecule has 3 fully saturated rings. The number of hydrogen-bond acceptors (Lipinski definition) is 6. The Morgan fingerprint density at radius 3 is 2.83 bits per heavy atom. The highest BCUT2D eigenvalue weighted by Crippen LogP contribution is 2.41. The zero-order valence-corrected chi connectivity index (χ0v) is 18.2. The van der Waals surface area contributed by atoms with Crippen LogP contribution < -0.4 is 10.1 Å². The fraction of sp³-hybridized carbons (Fsp3) is 0.708. The minimum Gasteiger partial charge on any atom is -0.492 e. The number of benzene rings is 1.